The van der Waals surface area contributed by atoms with Gasteiger partial charge in [0.05, 0.1) is 0 Å². The van der Waals surface area contributed by atoms with Crippen molar-refractivity contribution in [1.29, 1.82) is 0 Å². The molecule has 0 bridgehead atoms. The van der Waals surface area contributed by atoms with Crippen LogP contribution in [0.4, 0.5) is 5.69 Å². The fourth-order valence-corrected chi connectivity index (χ4v) is 3.74. The molecule has 0 amide bonds. The zero-order chi connectivity index (χ0) is 13.9. The predicted octanol–water partition coefficient (Wildman–Crippen LogP) is 2.32. The maximum absolute atomic E-state index is 6.36. The van der Waals surface area contributed by atoms with Crippen LogP contribution in [0.3, 0.4) is 0 Å². The van der Waals surface area contributed by atoms with Crippen LogP contribution in [0.25, 0.3) is 0 Å². The van der Waals surface area contributed by atoms with Gasteiger partial charge in [-0.15, -0.1) is 0 Å². The SMILES string of the molecule is CC1CCC(N)C(N2CCN(c3ccccc3)CC2)C1. The van der Waals surface area contributed by atoms with Gasteiger partial charge in [0.1, 0.15) is 0 Å². The number of hydrogen-bond acceptors (Lipinski definition) is 3. The highest BCUT2D eigenvalue weighted by atomic mass is 15.3. The smallest absolute Gasteiger partial charge is 0.0367 e. The molecular weight excluding hydrogens is 246 g/mol. The first kappa shape index (κ1) is 13.9. The van der Waals surface area contributed by atoms with Gasteiger partial charge in [-0.1, -0.05) is 25.1 Å². The average molecular weight is 273 g/mol. The van der Waals surface area contributed by atoms with Gasteiger partial charge in [-0.3, -0.25) is 4.90 Å². The molecule has 1 heterocycles. The standard InChI is InChI=1S/C17H27N3/c1-14-7-8-16(18)17(13-14)20-11-9-19(10-12-20)15-5-3-2-4-6-15/h2-6,14,16-17H,7-13,18H2,1H3. The number of para-hydroxylation sites is 1. The lowest BCUT2D eigenvalue weighted by molar-refractivity contribution is 0.110. The molecule has 1 aliphatic heterocycles. The lowest BCUT2D eigenvalue weighted by Gasteiger charge is -2.45. The van der Waals surface area contributed by atoms with Crippen molar-refractivity contribution in [2.24, 2.45) is 11.7 Å². The number of nitrogens with two attached hydrogens (primary N) is 1. The molecule has 0 radical (unpaired) electrons. The van der Waals surface area contributed by atoms with Gasteiger partial charge in [-0.25, -0.2) is 0 Å². The van der Waals surface area contributed by atoms with Crippen molar-refractivity contribution >= 4 is 5.69 Å². The van der Waals surface area contributed by atoms with Gasteiger partial charge >= 0.3 is 0 Å². The maximum atomic E-state index is 6.36. The summed E-state index contributed by atoms with van der Waals surface area (Å²) in [6.45, 7) is 6.93. The average Bonchev–Trinajstić information content (AvgIpc) is 2.51. The first-order valence-electron chi connectivity index (χ1n) is 8.03. The van der Waals surface area contributed by atoms with E-state index >= 15 is 0 Å². The Labute approximate surface area is 122 Å². The van der Waals surface area contributed by atoms with Crippen molar-refractivity contribution in [3.05, 3.63) is 30.3 Å². The summed E-state index contributed by atoms with van der Waals surface area (Å²) in [4.78, 5) is 5.13. The van der Waals surface area contributed by atoms with E-state index in [1.54, 1.807) is 0 Å². The number of hydrogen-bond donors (Lipinski definition) is 1. The highest BCUT2D eigenvalue weighted by Crippen LogP contribution is 2.28. The third-order valence-corrected chi connectivity index (χ3v) is 5.04. The first-order valence-corrected chi connectivity index (χ1v) is 8.03. The van der Waals surface area contributed by atoms with E-state index < -0.39 is 0 Å². The summed E-state index contributed by atoms with van der Waals surface area (Å²) in [5.41, 5.74) is 7.72. The number of benzene rings is 1. The predicted molar refractivity (Wildman–Crippen MR) is 85.0 cm³/mol. The van der Waals surface area contributed by atoms with E-state index in [0.717, 1.165) is 32.1 Å². The molecule has 3 heteroatoms. The van der Waals surface area contributed by atoms with Crippen molar-refractivity contribution in [3.63, 3.8) is 0 Å². The topological polar surface area (TPSA) is 32.5 Å². The lowest BCUT2D eigenvalue weighted by Crippen LogP contribution is -2.57. The second-order valence-corrected chi connectivity index (χ2v) is 6.51. The fourth-order valence-electron chi connectivity index (χ4n) is 3.74. The normalized spacial score (nSPS) is 32.3. The third kappa shape index (κ3) is 2.99. The highest BCUT2D eigenvalue weighted by molar-refractivity contribution is 5.46. The molecule has 3 unspecified atom stereocenters. The van der Waals surface area contributed by atoms with Gasteiger partial charge in [-0.05, 0) is 37.3 Å². The molecule has 1 saturated heterocycles. The molecule has 20 heavy (non-hydrogen) atoms. The van der Waals surface area contributed by atoms with Crippen molar-refractivity contribution in [1.82, 2.24) is 4.90 Å². The Kier molecular flexibility index (Phi) is 4.27. The summed E-state index contributed by atoms with van der Waals surface area (Å²) in [5.74, 6) is 0.840. The Balaban J connectivity index is 1.58. The van der Waals surface area contributed by atoms with Crippen molar-refractivity contribution in [3.8, 4) is 0 Å². The van der Waals surface area contributed by atoms with Crippen LogP contribution in [0.15, 0.2) is 30.3 Å². The van der Waals surface area contributed by atoms with Crippen molar-refractivity contribution < 1.29 is 0 Å². The minimum atomic E-state index is 0.384. The molecule has 1 aliphatic carbocycles. The Morgan fingerprint density at radius 2 is 1.70 bits per heavy atom. The lowest BCUT2D eigenvalue weighted by atomic mass is 9.82. The van der Waals surface area contributed by atoms with Gasteiger partial charge in [0.25, 0.3) is 0 Å². The molecule has 1 saturated carbocycles. The molecule has 3 rings (SSSR count). The molecule has 2 N–H and O–H groups in total. The van der Waals surface area contributed by atoms with E-state index in [9.17, 15) is 0 Å². The van der Waals surface area contributed by atoms with Crippen LogP contribution >= 0.6 is 0 Å². The molecule has 0 aromatic heterocycles. The monoisotopic (exact) mass is 273 g/mol. The summed E-state index contributed by atoms with van der Waals surface area (Å²) in [5, 5.41) is 0. The second-order valence-electron chi connectivity index (χ2n) is 6.51. The van der Waals surface area contributed by atoms with Crippen LogP contribution in [0, 0.1) is 5.92 Å². The van der Waals surface area contributed by atoms with Crippen LogP contribution in [0.1, 0.15) is 26.2 Å². The minimum absolute atomic E-state index is 0.384. The van der Waals surface area contributed by atoms with Gasteiger partial charge in [0.15, 0.2) is 0 Å². The molecule has 3 nitrogen and oxygen atoms in total. The zero-order valence-electron chi connectivity index (χ0n) is 12.5. The number of anilines is 1. The molecule has 1 aromatic carbocycles. The zero-order valence-corrected chi connectivity index (χ0v) is 12.5. The molecule has 2 fully saturated rings. The molecule has 2 aliphatic rings. The minimum Gasteiger partial charge on any atom is -0.369 e. The van der Waals surface area contributed by atoms with E-state index in [1.807, 2.05) is 0 Å². The number of nitrogens with zero attached hydrogens (tertiary/aromatic N) is 2. The largest absolute Gasteiger partial charge is 0.369 e. The highest BCUT2D eigenvalue weighted by Gasteiger charge is 2.32. The summed E-state index contributed by atoms with van der Waals surface area (Å²) in [6, 6.07) is 11.8. The maximum Gasteiger partial charge on any atom is 0.0367 e. The van der Waals surface area contributed by atoms with Crippen LogP contribution in [0.5, 0.6) is 0 Å². The third-order valence-electron chi connectivity index (χ3n) is 5.04. The van der Waals surface area contributed by atoms with E-state index in [2.05, 4.69) is 47.1 Å². The molecule has 110 valence electrons. The summed E-state index contributed by atoms with van der Waals surface area (Å²) in [6.07, 6.45) is 3.79. The second kappa shape index (κ2) is 6.15. The Bertz CT molecular complexity index is 412. The van der Waals surface area contributed by atoms with Crippen molar-refractivity contribution in [2.45, 2.75) is 38.3 Å². The number of rotatable bonds is 2. The van der Waals surface area contributed by atoms with E-state index in [4.69, 9.17) is 5.73 Å². The van der Waals surface area contributed by atoms with Crippen LogP contribution in [0.2, 0.25) is 0 Å². The van der Waals surface area contributed by atoms with Gasteiger partial charge in [-0.2, -0.15) is 0 Å². The summed E-state index contributed by atoms with van der Waals surface area (Å²) >= 11 is 0. The molecule has 3 atom stereocenters. The van der Waals surface area contributed by atoms with Crippen LogP contribution in [-0.2, 0) is 0 Å². The van der Waals surface area contributed by atoms with Gasteiger partial charge < -0.3 is 10.6 Å². The Hall–Kier alpha value is -1.06. The van der Waals surface area contributed by atoms with Gasteiger partial charge in [0, 0.05) is 44.0 Å². The van der Waals surface area contributed by atoms with Crippen LogP contribution in [-0.4, -0.2) is 43.2 Å². The molecule has 0 spiro atoms. The van der Waals surface area contributed by atoms with Crippen molar-refractivity contribution in [2.75, 3.05) is 31.1 Å². The number of piperazine rings is 1. The summed E-state index contributed by atoms with van der Waals surface area (Å²) < 4.78 is 0. The Morgan fingerprint density at radius 1 is 1.00 bits per heavy atom. The van der Waals surface area contributed by atoms with E-state index in [-0.39, 0.29) is 0 Å². The quantitative estimate of drug-likeness (QED) is 0.897. The summed E-state index contributed by atoms with van der Waals surface area (Å²) in [7, 11) is 0. The Morgan fingerprint density at radius 3 is 2.40 bits per heavy atom. The first-order chi connectivity index (χ1) is 9.74. The fraction of sp³-hybridized carbons (Fsp3) is 0.647. The van der Waals surface area contributed by atoms with E-state index in [1.165, 1.54) is 24.9 Å². The van der Waals surface area contributed by atoms with Crippen LogP contribution < -0.4 is 10.6 Å². The molecule has 1 aromatic rings. The van der Waals surface area contributed by atoms with Gasteiger partial charge in [0.2, 0.25) is 0 Å². The molecular formula is C17H27N3. The van der Waals surface area contributed by atoms with E-state index in [0.29, 0.717) is 12.1 Å².